The van der Waals surface area contributed by atoms with Crippen LogP contribution in [-0.4, -0.2) is 6.04 Å². The van der Waals surface area contributed by atoms with Gasteiger partial charge in [-0.1, -0.05) is 35.4 Å². The molecule has 2 aliphatic carbocycles. The molecule has 1 aromatic rings. The molecule has 0 aliphatic heterocycles. The highest BCUT2D eigenvalue weighted by atomic mass is 35.5. The molecule has 1 N–H and O–H groups in total. The lowest BCUT2D eigenvalue weighted by Gasteiger charge is -2.27. The Morgan fingerprint density at radius 2 is 2.00 bits per heavy atom. The third kappa shape index (κ3) is 2.26. The predicted octanol–water partition coefficient (Wildman–Crippen LogP) is 5.01. The largest absolute Gasteiger partial charge is 0.382 e. The van der Waals surface area contributed by atoms with Crippen molar-refractivity contribution in [1.82, 2.24) is 0 Å². The van der Waals surface area contributed by atoms with E-state index in [0.717, 1.165) is 23.4 Å². The lowest BCUT2D eigenvalue weighted by atomic mass is 9.87. The zero-order chi connectivity index (χ0) is 12.7. The summed E-state index contributed by atoms with van der Waals surface area (Å²) in [6.45, 7) is 2.27. The van der Waals surface area contributed by atoms with Crippen LogP contribution in [0.15, 0.2) is 30.4 Å². The van der Waals surface area contributed by atoms with E-state index >= 15 is 0 Å². The molecule has 0 amide bonds. The summed E-state index contributed by atoms with van der Waals surface area (Å²) in [5, 5.41) is 4.78. The van der Waals surface area contributed by atoms with Gasteiger partial charge in [0.15, 0.2) is 0 Å². The number of benzene rings is 1. The second-order valence-electron chi connectivity index (χ2n) is 5.51. The van der Waals surface area contributed by atoms with Gasteiger partial charge in [0, 0.05) is 11.7 Å². The topological polar surface area (TPSA) is 12.0 Å². The molecule has 3 rings (SSSR count). The van der Waals surface area contributed by atoms with Crippen molar-refractivity contribution in [3.05, 3.63) is 40.4 Å². The standard InChI is InChI=1S/C15H17Cl2N/c1-9(13-7-10-2-3-11(13)6-10)18-12-4-5-14(16)15(17)8-12/h2-5,8-11,13,18H,6-7H2,1H3. The van der Waals surface area contributed by atoms with E-state index in [4.69, 9.17) is 23.2 Å². The molecule has 4 unspecified atom stereocenters. The zero-order valence-corrected chi connectivity index (χ0v) is 11.9. The van der Waals surface area contributed by atoms with Crippen molar-refractivity contribution in [1.29, 1.82) is 0 Å². The Balaban J connectivity index is 1.69. The number of nitrogens with one attached hydrogen (secondary N) is 1. The lowest BCUT2D eigenvalue weighted by molar-refractivity contribution is 0.400. The van der Waals surface area contributed by atoms with Gasteiger partial charge >= 0.3 is 0 Å². The average molecular weight is 282 g/mol. The fourth-order valence-corrected chi connectivity index (χ4v) is 3.65. The van der Waals surface area contributed by atoms with E-state index in [1.165, 1.54) is 12.8 Å². The number of rotatable bonds is 3. The molecule has 4 atom stereocenters. The molecular weight excluding hydrogens is 265 g/mol. The van der Waals surface area contributed by atoms with E-state index in [1.807, 2.05) is 18.2 Å². The highest BCUT2D eigenvalue weighted by Crippen LogP contribution is 2.45. The zero-order valence-electron chi connectivity index (χ0n) is 10.4. The second-order valence-corrected chi connectivity index (χ2v) is 6.32. The van der Waals surface area contributed by atoms with Gasteiger partial charge in [-0.2, -0.15) is 0 Å². The van der Waals surface area contributed by atoms with Gasteiger partial charge in [-0.3, -0.25) is 0 Å². The lowest BCUT2D eigenvalue weighted by Crippen LogP contribution is -2.28. The molecule has 2 bridgehead atoms. The second kappa shape index (κ2) is 4.79. The van der Waals surface area contributed by atoms with Crippen LogP contribution in [0.5, 0.6) is 0 Å². The van der Waals surface area contributed by atoms with Crippen molar-refractivity contribution in [2.75, 3.05) is 5.32 Å². The van der Waals surface area contributed by atoms with E-state index in [0.29, 0.717) is 16.1 Å². The summed E-state index contributed by atoms with van der Waals surface area (Å²) in [6, 6.07) is 6.22. The van der Waals surface area contributed by atoms with E-state index in [9.17, 15) is 0 Å². The molecule has 0 radical (unpaired) electrons. The molecule has 1 nitrogen and oxygen atoms in total. The molecule has 18 heavy (non-hydrogen) atoms. The summed E-state index contributed by atoms with van der Waals surface area (Å²) in [6.07, 6.45) is 7.44. The molecule has 0 aromatic heterocycles. The Labute approximate surface area is 118 Å². The number of fused-ring (bicyclic) bond motifs is 2. The van der Waals surface area contributed by atoms with Crippen LogP contribution in [0.3, 0.4) is 0 Å². The first kappa shape index (κ1) is 12.4. The summed E-state index contributed by atoms with van der Waals surface area (Å²) in [7, 11) is 0. The van der Waals surface area contributed by atoms with Crippen LogP contribution < -0.4 is 5.32 Å². The summed E-state index contributed by atoms with van der Waals surface area (Å²) >= 11 is 12.0. The maximum atomic E-state index is 6.04. The van der Waals surface area contributed by atoms with Gasteiger partial charge in [0.2, 0.25) is 0 Å². The molecule has 0 spiro atoms. The van der Waals surface area contributed by atoms with Crippen LogP contribution in [0.2, 0.25) is 10.0 Å². The van der Waals surface area contributed by atoms with E-state index < -0.39 is 0 Å². The predicted molar refractivity (Wildman–Crippen MR) is 78.4 cm³/mol. The Kier molecular flexibility index (Phi) is 3.29. The number of hydrogen-bond donors (Lipinski definition) is 1. The van der Waals surface area contributed by atoms with Gasteiger partial charge in [0.1, 0.15) is 0 Å². The van der Waals surface area contributed by atoms with Crippen molar-refractivity contribution in [3.8, 4) is 0 Å². The minimum atomic E-state index is 0.474. The highest BCUT2D eigenvalue weighted by Gasteiger charge is 2.38. The van der Waals surface area contributed by atoms with Gasteiger partial charge in [0.25, 0.3) is 0 Å². The molecule has 96 valence electrons. The summed E-state index contributed by atoms with van der Waals surface area (Å²) in [4.78, 5) is 0. The van der Waals surface area contributed by atoms with Gasteiger partial charge < -0.3 is 5.32 Å². The fraction of sp³-hybridized carbons (Fsp3) is 0.467. The van der Waals surface area contributed by atoms with Crippen LogP contribution in [0.4, 0.5) is 5.69 Å². The third-order valence-corrected chi connectivity index (χ3v) is 5.03. The average Bonchev–Trinajstić information content (AvgIpc) is 2.96. The van der Waals surface area contributed by atoms with Crippen molar-refractivity contribution in [3.63, 3.8) is 0 Å². The molecule has 1 saturated carbocycles. The van der Waals surface area contributed by atoms with E-state index in [1.54, 1.807) is 0 Å². The minimum absolute atomic E-state index is 0.474. The first-order chi connectivity index (χ1) is 8.63. The van der Waals surface area contributed by atoms with Crippen molar-refractivity contribution < 1.29 is 0 Å². The smallest absolute Gasteiger partial charge is 0.0612 e. The Morgan fingerprint density at radius 3 is 2.61 bits per heavy atom. The summed E-state index contributed by atoms with van der Waals surface area (Å²) < 4.78 is 0. The van der Waals surface area contributed by atoms with Crippen LogP contribution in [-0.2, 0) is 0 Å². The van der Waals surface area contributed by atoms with Gasteiger partial charge in [0.05, 0.1) is 10.0 Å². The van der Waals surface area contributed by atoms with Crippen molar-refractivity contribution in [2.24, 2.45) is 17.8 Å². The normalized spacial score (nSPS) is 30.7. The van der Waals surface area contributed by atoms with Crippen LogP contribution >= 0.6 is 23.2 Å². The minimum Gasteiger partial charge on any atom is -0.382 e. The Hall–Kier alpha value is -0.660. The number of allylic oxidation sites excluding steroid dienone is 2. The maximum Gasteiger partial charge on any atom is 0.0612 e. The molecule has 0 saturated heterocycles. The summed E-state index contributed by atoms with van der Waals surface area (Å²) in [5.41, 5.74) is 1.06. The van der Waals surface area contributed by atoms with Crippen LogP contribution in [0.1, 0.15) is 19.8 Å². The molecule has 3 heteroatoms. The first-order valence-electron chi connectivity index (χ1n) is 6.53. The number of halogens is 2. The maximum absolute atomic E-state index is 6.04. The van der Waals surface area contributed by atoms with E-state index in [2.05, 4.69) is 24.4 Å². The van der Waals surface area contributed by atoms with Crippen LogP contribution in [0.25, 0.3) is 0 Å². The summed E-state index contributed by atoms with van der Waals surface area (Å²) in [5.74, 6) is 2.33. The molecule has 1 aromatic carbocycles. The number of anilines is 1. The molecule has 2 aliphatic rings. The van der Waals surface area contributed by atoms with Gasteiger partial charge in [-0.25, -0.2) is 0 Å². The van der Waals surface area contributed by atoms with Crippen molar-refractivity contribution >= 4 is 28.9 Å². The fourth-order valence-electron chi connectivity index (χ4n) is 3.35. The first-order valence-corrected chi connectivity index (χ1v) is 7.29. The van der Waals surface area contributed by atoms with E-state index in [-0.39, 0.29) is 0 Å². The third-order valence-electron chi connectivity index (χ3n) is 4.29. The Bertz CT molecular complexity index is 483. The number of hydrogen-bond acceptors (Lipinski definition) is 1. The van der Waals surface area contributed by atoms with Crippen molar-refractivity contribution in [2.45, 2.75) is 25.8 Å². The van der Waals surface area contributed by atoms with Crippen LogP contribution in [0, 0.1) is 17.8 Å². The quantitative estimate of drug-likeness (QED) is 0.769. The van der Waals surface area contributed by atoms with Gasteiger partial charge in [-0.15, -0.1) is 0 Å². The molecule has 1 fully saturated rings. The highest BCUT2D eigenvalue weighted by molar-refractivity contribution is 6.42. The molecule has 0 heterocycles. The SMILES string of the molecule is CC(Nc1ccc(Cl)c(Cl)c1)C1CC2C=CC1C2. The Morgan fingerprint density at radius 1 is 1.17 bits per heavy atom. The molecular formula is C15H17Cl2N. The monoisotopic (exact) mass is 281 g/mol. The van der Waals surface area contributed by atoms with Gasteiger partial charge in [-0.05, 0) is 55.7 Å².